The molecule has 0 spiro atoms. The van der Waals surface area contributed by atoms with Crippen molar-refractivity contribution in [3.05, 3.63) is 90.7 Å². The average molecular weight is 316 g/mol. The molecule has 4 heteroatoms. The Bertz CT molecular complexity index is 832. The molecule has 0 aliphatic heterocycles. The van der Waals surface area contributed by atoms with E-state index in [1.54, 1.807) is 6.20 Å². The first-order valence-corrected chi connectivity index (χ1v) is 7.84. The zero-order valence-electron chi connectivity index (χ0n) is 13.7. The van der Waals surface area contributed by atoms with Crippen LogP contribution >= 0.6 is 0 Å². The van der Waals surface area contributed by atoms with Crippen molar-refractivity contribution in [3.8, 4) is 11.1 Å². The van der Waals surface area contributed by atoms with Gasteiger partial charge in [0.05, 0.1) is 17.9 Å². The first-order valence-electron chi connectivity index (χ1n) is 7.84. The van der Waals surface area contributed by atoms with Crippen LogP contribution in [0.5, 0.6) is 0 Å². The Morgan fingerprint density at radius 3 is 2.62 bits per heavy atom. The molecule has 0 saturated carbocycles. The van der Waals surface area contributed by atoms with Crippen LogP contribution in [0.4, 0.5) is 0 Å². The molecule has 120 valence electrons. The highest BCUT2D eigenvalue weighted by atomic mass is 15.0. The van der Waals surface area contributed by atoms with Crippen LogP contribution in [0.25, 0.3) is 11.1 Å². The molecule has 0 saturated heterocycles. The number of H-pyrrole nitrogens is 1. The van der Waals surface area contributed by atoms with Crippen molar-refractivity contribution in [1.29, 1.82) is 0 Å². The number of hydrogen-bond acceptors (Lipinski definition) is 2. The number of aromatic nitrogens is 2. The molecule has 0 fully saturated rings. The van der Waals surface area contributed by atoms with Crippen molar-refractivity contribution in [2.45, 2.75) is 13.5 Å². The third-order valence-corrected chi connectivity index (χ3v) is 3.53. The lowest BCUT2D eigenvalue weighted by Crippen LogP contribution is -2.23. The number of rotatable bonds is 5. The van der Waals surface area contributed by atoms with Gasteiger partial charge in [0.2, 0.25) is 0 Å². The first kappa shape index (κ1) is 15.7. The molecule has 2 N–H and O–H groups in total. The highest BCUT2D eigenvalue weighted by Crippen LogP contribution is 2.23. The van der Waals surface area contributed by atoms with Gasteiger partial charge in [0.15, 0.2) is 0 Å². The summed E-state index contributed by atoms with van der Waals surface area (Å²) >= 11 is 0. The van der Waals surface area contributed by atoms with E-state index in [-0.39, 0.29) is 0 Å². The molecule has 0 aliphatic rings. The lowest BCUT2D eigenvalue weighted by molar-refractivity contribution is 0.964. The predicted molar refractivity (Wildman–Crippen MR) is 98.7 cm³/mol. The SMILES string of the molecule is C=C(C)NC(=NCc1ccccn1)c1[nH]ccc1-c1ccccc1. The zero-order valence-corrected chi connectivity index (χ0v) is 13.7. The highest BCUT2D eigenvalue weighted by Gasteiger charge is 2.12. The van der Waals surface area contributed by atoms with Crippen LogP contribution in [0.15, 0.2) is 84.3 Å². The van der Waals surface area contributed by atoms with Gasteiger partial charge in [-0.25, -0.2) is 0 Å². The molecule has 0 atom stereocenters. The summed E-state index contributed by atoms with van der Waals surface area (Å²) in [5.74, 6) is 0.761. The molecule has 0 unspecified atom stereocenters. The van der Waals surface area contributed by atoms with Gasteiger partial charge in [-0.15, -0.1) is 0 Å². The minimum absolute atomic E-state index is 0.504. The smallest absolute Gasteiger partial charge is 0.150 e. The topological polar surface area (TPSA) is 53.1 Å². The van der Waals surface area contributed by atoms with E-state index in [4.69, 9.17) is 4.99 Å². The van der Waals surface area contributed by atoms with Crippen molar-refractivity contribution in [3.63, 3.8) is 0 Å². The Labute approximate surface area is 142 Å². The van der Waals surface area contributed by atoms with Gasteiger partial charge >= 0.3 is 0 Å². The Kier molecular flexibility index (Phi) is 4.87. The van der Waals surface area contributed by atoms with E-state index in [1.807, 2.05) is 49.5 Å². The largest absolute Gasteiger partial charge is 0.358 e. The maximum Gasteiger partial charge on any atom is 0.150 e. The minimum Gasteiger partial charge on any atom is -0.358 e. The maximum absolute atomic E-state index is 4.71. The summed E-state index contributed by atoms with van der Waals surface area (Å²) < 4.78 is 0. The summed E-state index contributed by atoms with van der Waals surface area (Å²) in [6, 6.07) is 18.1. The Morgan fingerprint density at radius 1 is 1.12 bits per heavy atom. The van der Waals surface area contributed by atoms with Gasteiger partial charge in [-0.1, -0.05) is 43.0 Å². The van der Waals surface area contributed by atoms with Crippen molar-refractivity contribution < 1.29 is 0 Å². The predicted octanol–water partition coefficient (Wildman–Crippen LogP) is 4.15. The number of hydrogen-bond donors (Lipinski definition) is 2. The zero-order chi connectivity index (χ0) is 16.8. The van der Waals surface area contributed by atoms with Crippen LogP contribution in [0.1, 0.15) is 18.3 Å². The second-order valence-corrected chi connectivity index (χ2v) is 5.52. The summed E-state index contributed by atoms with van der Waals surface area (Å²) in [5, 5.41) is 3.26. The fraction of sp³-hybridized carbons (Fsp3) is 0.100. The van der Waals surface area contributed by atoms with Crippen molar-refractivity contribution in [2.75, 3.05) is 0 Å². The van der Waals surface area contributed by atoms with Gasteiger partial charge in [0.25, 0.3) is 0 Å². The summed E-state index contributed by atoms with van der Waals surface area (Å²) in [4.78, 5) is 12.3. The molecule has 1 aromatic carbocycles. The number of allylic oxidation sites excluding steroid dienone is 1. The monoisotopic (exact) mass is 316 g/mol. The van der Waals surface area contributed by atoms with Crippen LogP contribution in [-0.2, 0) is 6.54 Å². The number of aliphatic imine (C=N–C) groups is 1. The first-order chi connectivity index (χ1) is 11.7. The molecule has 3 aromatic rings. The number of aromatic amines is 1. The summed E-state index contributed by atoms with van der Waals surface area (Å²) in [7, 11) is 0. The Hall–Kier alpha value is -3.14. The Balaban J connectivity index is 1.95. The quantitative estimate of drug-likeness (QED) is 0.549. The third-order valence-electron chi connectivity index (χ3n) is 3.53. The normalized spacial score (nSPS) is 11.3. The lowest BCUT2D eigenvalue weighted by atomic mass is 10.1. The third kappa shape index (κ3) is 3.79. The van der Waals surface area contributed by atoms with E-state index in [0.717, 1.165) is 34.0 Å². The molecular formula is C20H20N4. The molecule has 24 heavy (non-hydrogen) atoms. The van der Waals surface area contributed by atoms with Crippen molar-refractivity contribution in [1.82, 2.24) is 15.3 Å². The van der Waals surface area contributed by atoms with Gasteiger partial charge in [0, 0.05) is 23.7 Å². The fourth-order valence-corrected chi connectivity index (χ4v) is 2.46. The molecule has 0 amide bonds. The molecule has 0 aliphatic carbocycles. The van der Waals surface area contributed by atoms with Gasteiger partial charge in [-0.2, -0.15) is 0 Å². The van der Waals surface area contributed by atoms with E-state index < -0.39 is 0 Å². The van der Waals surface area contributed by atoms with E-state index in [2.05, 4.69) is 40.1 Å². The van der Waals surface area contributed by atoms with Gasteiger partial charge < -0.3 is 10.3 Å². The van der Waals surface area contributed by atoms with E-state index in [9.17, 15) is 0 Å². The molecule has 2 heterocycles. The van der Waals surface area contributed by atoms with Gasteiger partial charge in [-0.05, 0) is 30.7 Å². The van der Waals surface area contributed by atoms with Crippen LogP contribution in [-0.4, -0.2) is 15.8 Å². The lowest BCUT2D eigenvalue weighted by Gasteiger charge is -2.11. The van der Waals surface area contributed by atoms with Crippen LogP contribution in [0.2, 0.25) is 0 Å². The summed E-state index contributed by atoms with van der Waals surface area (Å²) in [6.45, 7) is 6.36. The van der Waals surface area contributed by atoms with Crippen molar-refractivity contribution in [2.24, 2.45) is 4.99 Å². The average Bonchev–Trinajstić information content (AvgIpc) is 3.09. The van der Waals surface area contributed by atoms with Gasteiger partial charge in [-0.3, -0.25) is 9.98 Å². The Morgan fingerprint density at radius 2 is 1.92 bits per heavy atom. The number of nitrogens with one attached hydrogen (secondary N) is 2. The number of nitrogens with zero attached hydrogens (tertiary/aromatic N) is 2. The van der Waals surface area contributed by atoms with Crippen LogP contribution < -0.4 is 5.32 Å². The van der Waals surface area contributed by atoms with Crippen LogP contribution in [0.3, 0.4) is 0 Å². The molecule has 3 rings (SSSR count). The summed E-state index contributed by atoms with van der Waals surface area (Å²) in [5.41, 5.74) is 4.95. The number of pyridine rings is 1. The standard InChI is InChI=1S/C20H20N4/c1-15(2)24-20(23-14-17-10-6-7-12-21-17)19-18(11-13-22-19)16-8-4-3-5-9-16/h3-13,22H,1,14H2,2H3,(H,23,24). The highest BCUT2D eigenvalue weighted by molar-refractivity contribution is 6.03. The van der Waals surface area contributed by atoms with E-state index in [1.165, 1.54) is 0 Å². The molecule has 2 aromatic heterocycles. The minimum atomic E-state index is 0.504. The number of amidine groups is 1. The fourth-order valence-electron chi connectivity index (χ4n) is 2.46. The summed E-state index contributed by atoms with van der Waals surface area (Å²) in [6.07, 6.45) is 3.70. The maximum atomic E-state index is 4.71. The second-order valence-electron chi connectivity index (χ2n) is 5.52. The van der Waals surface area contributed by atoms with Crippen LogP contribution in [0, 0.1) is 0 Å². The second kappa shape index (κ2) is 7.42. The molecule has 4 nitrogen and oxygen atoms in total. The van der Waals surface area contributed by atoms with Gasteiger partial charge in [0.1, 0.15) is 5.84 Å². The van der Waals surface area contributed by atoms with Crippen molar-refractivity contribution >= 4 is 5.84 Å². The number of benzene rings is 1. The molecule has 0 radical (unpaired) electrons. The molecular weight excluding hydrogens is 296 g/mol. The van der Waals surface area contributed by atoms with E-state index in [0.29, 0.717) is 6.54 Å². The van der Waals surface area contributed by atoms with E-state index >= 15 is 0 Å². The molecule has 0 bridgehead atoms.